The van der Waals surface area contributed by atoms with E-state index in [-0.39, 0.29) is 5.82 Å². The van der Waals surface area contributed by atoms with Gasteiger partial charge in [-0.3, -0.25) is 0 Å². The maximum Gasteiger partial charge on any atom is 0.338 e. The topological polar surface area (TPSA) is 86.0 Å². The Morgan fingerprint density at radius 1 is 1.45 bits per heavy atom. The van der Waals surface area contributed by atoms with Gasteiger partial charge in [0.1, 0.15) is 11.6 Å². The lowest BCUT2D eigenvalue weighted by atomic mass is 10.1. The quantitative estimate of drug-likeness (QED) is 0.896. The van der Waals surface area contributed by atoms with Gasteiger partial charge < -0.3 is 10.4 Å². The number of carbonyl (C=O) groups is 1. The minimum Gasteiger partial charge on any atom is -0.478 e. The number of rotatable bonds is 3. The van der Waals surface area contributed by atoms with Gasteiger partial charge in [-0.15, -0.1) is 0 Å². The highest BCUT2D eigenvalue weighted by atomic mass is 19.1. The Kier molecular flexibility index (Phi) is 3.62. The van der Waals surface area contributed by atoms with Crippen molar-refractivity contribution in [1.29, 1.82) is 5.26 Å². The Morgan fingerprint density at radius 2 is 2.20 bits per heavy atom. The number of anilines is 2. The van der Waals surface area contributed by atoms with E-state index in [0.29, 0.717) is 11.3 Å². The van der Waals surface area contributed by atoms with E-state index in [0.717, 1.165) is 11.6 Å². The van der Waals surface area contributed by atoms with Crippen molar-refractivity contribution in [2.45, 2.75) is 6.92 Å². The molecule has 0 aliphatic rings. The first-order valence-electron chi connectivity index (χ1n) is 5.69. The van der Waals surface area contributed by atoms with Crippen molar-refractivity contribution in [2.75, 3.05) is 5.32 Å². The van der Waals surface area contributed by atoms with Gasteiger partial charge in [-0.05, 0) is 24.6 Å². The van der Waals surface area contributed by atoms with Crippen LogP contribution >= 0.6 is 0 Å². The Balaban J connectivity index is 2.47. The smallest absolute Gasteiger partial charge is 0.338 e. The molecule has 100 valence electrons. The Bertz CT molecular complexity index is 723. The number of aromatic carboxylic acids is 1. The average molecular weight is 271 g/mol. The summed E-state index contributed by atoms with van der Waals surface area (Å²) in [4.78, 5) is 14.6. The van der Waals surface area contributed by atoms with Gasteiger partial charge in [0, 0.05) is 6.20 Å². The summed E-state index contributed by atoms with van der Waals surface area (Å²) < 4.78 is 14.0. The molecule has 1 heterocycles. The lowest BCUT2D eigenvalue weighted by molar-refractivity contribution is 0.0692. The minimum atomic E-state index is -1.38. The van der Waals surface area contributed by atoms with Crippen LogP contribution in [0, 0.1) is 24.1 Å². The largest absolute Gasteiger partial charge is 0.478 e. The maximum atomic E-state index is 14.0. The van der Waals surface area contributed by atoms with Gasteiger partial charge in [0.05, 0.1) is 11.3 Å². The fourth-order valence-corrected chi connectivity index (χ4v) is 1.74. The number of aryl methyl sites for hydroxylation is 1. The zero-order valence-electron chi connectivity index (χ0n) is 10.5. The number of benzene rings is 1. The van der Waals surface area contributed by atoms with Crippen LogP contribution in [0.3, 0.4) is 0 Å². The number of nitriles is 1. The van der Waals surface area contributed by atoms with Crippen LogP contribution in [-0.2, 0) is 0 Å². The lowest BCUT2D eigenvalue weighted by Gasteiger charge is -2.10. The molecule has 0 saturated heterocycles. The van der Waals surface area contributed by atoms with Gasteiger partial charge >= 0.3 is 5.97 Å². The summed E-state index contributed by atoms with van der Waals surface area (Å²) in [5.41, 5.74) is 0.983. The van der Waals surface area contributed by atoms with Crippen LogP contribution in [0.15, 0.2) is 30.5 Å². The molecule has 0 amide bonds. The molecular weight excluding hydrogens is 261 g/mol. The second kappa shape index (κ2) is 5.36. The molecule has 0 fully saturated rings. The second-order valence-corrected chi connectivity index (χ2v) is 4.06. The Morgan fingerprint density at radius 3 is 2.85 bits per heavy atom. The minimum absolute atomic E-state index is 0.230. The van der Waals surface area contributed by atoms with E-state index in [1.165, 1.54) is 6.20 Å². The number of nitrogens with zero attached hydrogens (tertiary/aromatic N) is 2. The molecule has 2 rings (SSSR count). The van der Waals surface area contributed by atoms with Crippen molar-refractivity contribution in [3.8, 4) is 6.07 Å². The van der Waals surface area contributed by atoms with Crippen LogP contribution < -0.4 is 5.32 Å². The molecule has 2 aromatic rings. The van der Waals surface area contributed by atoms with E-state index in [1.54, 1.807) is 25.1 Å². The molecule has 0 spiro atoms. The van der Waals surface area contributed by atoms with Crippen LogP contribution in [0.5, 0.6) is 0 Å². The SMILES string of the molecule is Cc1cccc(Nc2nccc(C(=O)O)c2F)c1C#N. The average Bonchev–Trinajstić information content (AvgIpc) is 2.41. The monoisotopic (exact) mass is 271 g/mol. The zero-order valence-corrected chi connectivity index (χ0v) is 10.5. The molecule has 0 radical (unpaired) electrons. The van der Waals surface area contributed by atoms with Gasteiger partial charge in [-0.25, -0.2) is 14.2 Å². The summed E-state index contributed by atoms with van der Waals surface area (Å²) in [5, 5.41) is 20.6. The molecule has 0 aliphatic carbocycles. The van der Waals surface area contributed by atoms with E-state index in [2.05, 4.69) is 10.3 Å². The zero-order chi connectivity index (χ0) is 14.7. The van der Waals surface area contributed by atoms with Gasteiger partial charge in [0.15, 0.2) is 11.6 Å². The van der Waals surface area contributed by atoms with Crippen LogP contribution in [0.25, 0.3) is 0 Å². The maximum absolute atomic E-state index is 14.0. The van der Waals surface area contributed by atoms with Crippen molar-refractivity contribution >= 4 is 17.5 Å². The first-order chi connectivity index (χ1) is 9.54. The van der Waals surface area contributed by atoms with E-state index in [4.69, 9.17) is 10.4 Å². The first-order valence-corrected chi connectivity index (χ1v) is 5.69. The number of pyridine rings is 1. The van der Waals surface area contributed by atoms with Crippen LogP contribution in [0.2, 0.25) is 0 Å². The van der Waals surface area contributed by atoms with Crippen LogP contribution in [-0.4, -0.2) is 16.1 Å². The number of hydrogen-bond acceptors (Lipinski definition) is 4. The molecule has 1 aromatic carbocycles. The molecule has 0 saturated carbocycles. The van der Waals surface area contributed by atoms with Gasteiger partial charge in [-0.2, -0.15) is 5.26 Å². The molecule has 0 atom stereocenters. The van der Waals surface area contributed by atoms with Crippen molar-refractivity contribution in [2.24, 2.45) is 0 Å². The predicted molar refractivity (Wildman–Crippen MR) is 70.3 cm³/mol. The predicted octanol–water partition coefficient (Wildman–Crippen LogP) is 2.84. The van der Waals surface area contributed by atoms with Crippen LogP contribution in [0.4, 0.5) is 15.9 Å². The number of halogens is 1. The molecule has 1 aromatic heterocycles. The summed E-state index contributed by atoms with van der Waals surface area (Å²) in [6.07, 6.45) is 1.19. The summed E-state index contributed by atoms with van der Waals surface area (Å²) in [5.74, 6) is -2.57. The van der Waals surface area contributed by atoms with Crippen molar-refractivity contribution in [3.05, 3.63) is 53.0 Å². The van der Waals surface area contributed by atoms with E-state index in [1.807, 2.05) is 6.07 Å². The molecule has 0 aliphatic heterocycles. The third-order valence-electron chi connectivity index (χ3n) is 2.76. The molecule has 0 unspecified atom stereocenters. The fourth-order valence-electron chi connectivity index (χ4n) is 1.74. The van der Waals surface area contributed by atoms with Crippen molar-refractivity contribution in [1.82, 2.24) is 4.98 Å². The summed E-state index contributed by atoms with van der Waals surface area (Å²) in [7, 11) is 0. The molecular formula is C14H10FN3O2. The van der Waals surface area contributed by atoms with Crippen LogP contribution in [0.1, 0.15) is 21.5 Å². The van der Waals surface area contributed by atoms with Gasteiger partial charge in [0.2, 0.25) is 0 Å². The highest BCUT2D eigenvalue weighted by molar-refractivity contribution is 5.89. The Labute approximate surface area is 114 Å². The molecule has 2 N–H and O–H groups in total. The number of nitrogens with one attached hydrogen (secondary N) is 1. The number of aromatic nitrogens is 1. The summed E-state index contributed by atoms with van der Waals surface area (Å²) in [6.45, 7) is 1.75. The lowest BCUT2D eigenvalue weighted by Crippen LogP contribution is -2.06. The molecule has 0 bridgehead atoms. The number of hydrogen-bond donors (Lipinski definition) is 2. The van der Waals surface area contributed by atoms with E-state index >= 15 is 0 Å². The highest BCUT2D eigenvalue weighted by Gasteiger charge is 2.16. The fraction of sp³-hybridized carbons (Fsp3) is 0.0714. The number of carboxylic acid groups (broad SMARTS) is 1. The first kappa shape index (κ1) is 13.5. The second-order valence-electron chi connectivity index (χ2n) is 4.06. The summed E-state index contributed by atoms with van der Waals surface area (Å²) >= 11 is 0. The van der Waals surface area contributed by atoms with E-state index < -0.39 is 17.3 Å². The normalized spacial score (nSPS) is 9.85. The molecule has 5 nitrogen and oxygen atoms in total. The van der Waals surface area contributed by atoms with Gasteiger partial charge in [0.25, 0.3) is 0 Å². The molecule has 6 heteroatoms. The Hall–Kier alpha value is -2.94. The van der Waals surface area contributed by atoms with Gasteiger partial charge in [-0.1, -0.05) is 12.1 Å². The molecule has 20 heavy (non-hydrogen) atoms. The van der Waals surface area contributed by atoms with Crippen molar-refractivity contribution < 1.29 is 14.3 Å². The highest BCUT2D eigenvalue weighted by Crippen LogP contribution is 2.24. The third-order valence-corrected chi connectivity index (χ3v) is 2.76. The van der Waals surface area contributed by atoms with Crippen molar-refractivity contribution in [3.63, 3.8) is 0 Å². The third kappa shape index (κ3) is 2.42. The summed E-state index contributed by atoms with van der Waals surface area (Å²) in [6, 6.07) is 8.14. The van der Waals surface area contributed by atoms with E-state index in [9.17, 15) is 9.18 Å². The number of carboxylic acids is 1. The standard InChI is InChI=1S/C14H10FN3O2/c1-8-3-2-4-11(10(8)7-16)18-13-12(15)9(14(19)20)5-6-17-13/h2-6H,1H3,(H,17,18)(H,19,20).